The molecule has 0 bridgehead atoms. The molecule has 7 nitrogen and oxygen atoms in total. The topological polar surface area (TPSA) is 80.2 Å². The van der Waals surface area contributed by atoms with Gasteiger partial charge in [-0.25, -0.2) is 15.0 Å². The molecule has 0 radical (unpaired) electrons. The van der Waals surface area contributed by atoms with E-state index in [2.05, 4.69) is 29.9 Å². The summed E-state index contributed by atoms with van der Waals surface area (Å²) in [5.41, 5.74) is 2.15. The zero-order chi connectivity index (χ0) is 22.3. The number of anilines is 2. The highest BCUT2D eigenvalue weighted by Gasteiger charge is 2.46. The van der Waals surface area contributed by atoms with Gasteiger partial charge in [0.05, 0.1) is 5.56 Å². The van der Waals surface area contributed by atoms with Crippen molar-refractivity contribution in [2.45, 2.75) is 12.8 Å². The molecule has 0 spiro atoms. The smallest absolute Gasteiger partial charge is 0.406 e. The van der Waals surface area contributed by atoms with E-state index in [1.807, 2.05) is 0 Å². The number of rotatable bonds is 5. The summed E-state index contributed by atoms with van der Waals surface area (Å²) < 4.78 is 40.8. The van der Waals surface area contributed by atoms with Crippen LogP contribution in [0.1, 0.15) is 16.8 Å². The van der Waals surface area contributed by atoms with Crippen LogP contribution in [0.3, 0.4) is 0 Å². The fourth-order valence-electron chi connectivity index (χ4n) is 4.00. The van der Waals surface area contributed by atoms with Crippen molar-refractivity contribution in [1.82, 2.24) is 15.0 Å². The minimum atomic E-state index is -4.77. The minimum absolute atomic E-state index is 0.313. The van der Waals surface area contributed by atoms with E-state index in [9.17, 15) is 18.0 Å². The molecule has 1 aromatic carbocycles. The number of pyridine rings is 1. The van der Waals surface area contributed by atoms with E-state index < -0.39 is 12.3 Å². The van der Waals surface area contributed by atoms with Crippen molar-refractivity contribution >= 4 is 17.4 Å². The highest BCUT2D eigenvalue weighted by Crippen LogP contribution is 2.47. The molecular weight excluding hydrogens is 423 g/mol. The van der Waals surface area contributed by atoms with Crippen LogP contribution in [-0.2, 0) is 0 Å². The van der Waals surface area contributed by atoms with Crippen LogP contribution in [0, 0.1) is 11.8 Å². The van der Waals surface area contributed by atoms with Gasteiger partial charge >= 0.3 is 6.36 Å². The van der Waals surface area contributed by atoms with Gasteiger partial charge in [0.2, 0.25) is 0 Å². The summed E-state index contributed by atoms with van der Waals surface area (Å²) in [6.07, 6.45) is 2.77. The van der Waals surface area contributed by atoms with Crippen LogP contribution in [-0.4, -0.2) is 40.3 Å². The van der Waals surface area contributed by atoms with Gasteiger partial charge in [-0.15, -0.1) is 13.2 Å². The summed E-state index contributed by atoms with van der Waals surface area (Å²) in [7, 11) is 0. The van der Waals surface area contributed by atoms with Gasteiger partial charge in [-0.3, -0.25) is 4.79 Å². The van der Waals surface area contributed by atoms with E-state index in [-0.39, 0.29) is 5.75 Å². The lowest BCUT2D eigenvalue weighted by atomic mass is 10.1. The van der Waals surface area contributed by atoms with Crippen LogP contribution >= 0.6 is 0 Å². The molecule has 164 valence electrons. The first-order chi connectivity index (χ1) is 15.4. The normalized spacial score (nSPS) is 19.4. The van der Waals surface area contributed by atoms with Crippen LogP contribution in [0.4, 0.5) is 24.7 Å². The van der Waals surface area contributed by atoms with Crippen molar-refractivity contribution in [3.8, 4) is 16.9 Å². The number of hydrogen-bond acceptors (Lipinski definition) is 6. The van der Waals surface area contributed by atoms with Gasteiger partial charge in [0.15, 0.2) is 0 Å². The Hall–Kier alpha value is -3.69. The number of nitrogens with zero attached hydrogens (tertiary/aromatic N) is 4. The number of fused-ring (bicyclic) bond motifs is 1. The Morgan fingerprint density at radius 2 is 1.75 bits per heavy atom. The average Bonchev–Trinajstić information content (AvgIpc) is 3.39. The third kappa shape index (κ3) is 4.34. The molecule has 2 aromatic heterocycles. The van der Waals surface area contributed by atoms with Crippen molar-refractivity contribution in [1.29, 1.82) is 0 Å². The number of benzene rings is 1. The standard InChI is InChI=1S/C22H18F3N5O2/c23-22(24,25)32-18-3-1-17(2-4-18)29-21(31)13-6-19(16-7-26-12-27-8-16)20(28-9-13)30-10-14-5-15(14)11-30/h1-4,6-9,12,14-15H,5,10-11H2,(H,29,31). The lowest BCUT2D eigenvalue weighted by molar-refractivity contribution is -0.274. The van der Waals surface area contributed by atoms with E-state index in [1.54, 1.807) is 18.5 Å². The second kappa shape index (κ2) is 7.77. The van der Waals surface area contributed by atoms with Crippen LogP contribution in [0.15, 0.2) is 55.2 Å². The molecule has 1 amide bonds. The lowest BCUT2D eigenvalue weighted by Crippen LogP contribution is -2.24. The summed E-state index contributed by atoms with van der Waals surface area (Å²) in [6.45, 7) is 1.88. The van der Waals surface area contributed by atoms with E-state index >= 15 is 0 Å². The molecule has 1 saturated heterocycles. The molecule has 2 aliphatic rings. The molecule has 2 fully saturated rings. The van der Waals surface area contributed by atoms with Gasteiger partial charge in [-0.2, -0.15) is 0 Å². The molecule has 1 aliphatic carbocycles. The molecule has 10 heteroatoms. The van der Waals surface area contributed by atoms with E-state index in [1.165, 1.54) is 31.1 Å². The summed E-state index contributed by atoms with van der Waals surface area (Å²) >= 11 is 0. The van der Waals surface area contributed by atoms with Gasteiger partial charge in [0, 0.05) is 48.5 Å². The quantitative estimate of drug-likeness (QED) is 0.641. The maximum absolute atomic E-state index is 12.8. The molecule has 1 saturated carbocycles. The molecular formula is C22H18F3N5O2. The van der Waals surface area contributed by atoms with Crippen LogP contribution in [0.2, 0.25) is 0 Å². The number of nitrogens with one attached hydrogen (secondary N) is 1. The highest BCUT2D eigenvalue weighted by molar-refractivity contribution is 6.05. The van der Waals surface area contributed by atoms with Gasteiger partial charge in [0.25, 0.3) is 5.91 Å². The zero-order valence-electron chi connectivity index (χ0n) is 16.7. The van der Waals surface area contributed by atoms with Crippen LogP contribution in [0.5, 0.6) is 5.75 Å². The average molecular weight is 441 g/mol. The largest absolute Gasteiger partial charge is 0.573 e. The number of amides is 1. The van der Waals surface area contributed by atoms with Crippen molar-refractivity contribution in [3.05, 3.63) is 60.8 Å². The van der Waals surface area contributed by atoms with Crippen molar-refractivity contribution in [3.63, 3.8) is 0 Å². The van der Waals surface area contributed by atoms with E-state index in [4.69, 9.17) is 0 Å². The minimum Gasteiger partial charge on any atom is -0.406 e. The molecule has 3 heterocycles. The van der Waals surface area contributed by atoms with Gasteiger partial charge in [0.1, 0.15) is 17.9 Å². The fourth-order valence-corrected chi connectivity index (χ4v) is 4.00. The summed E-state index contributed by atoms with van der Waals surface area (Å²) in [4.78, 5) is 27.8. The summed E-state index contributed by atoms with van der Waals surface area (Å²) in [5.74, 6) is 1.41. The maximum atomic E-state index is 12.8. The van der Waals surface area contributed by atoms with Crippen molar-refractivity contribution in [2.24, 2.45) is 11.8 Å². The number of halogens is 3. The predicted molar refractivity (Wildman–Crippen MR) is 110 cm³/mol. The Morgan fingerprint density at radius 1 is 1.06 bits per heavy atom. The summed E-state index contributed by atoms with van der Waals surface area (Å²) in [5, 5.41) is 2.67. The number of hydrogen-bond donors (Lipinski definition) is 1. The number of aromatic nitrogens is 3. The number of carbonyl (C=O) groups is 1. The lowest BCUT2D eigenvalue weighted by Gasteiger charge is -2.22. The van der Waals surface area contributed by atoms with E-state index in [0.29, 0.717) is 23.1 Å². The van der Waals surface area contributed by atoms with Gasteiger partial charge < -0.3 is 15.0 Å². The van der Waals surface area contributed by atoms with Gasteiger partial charge in [-0.05, 0) is 48.6 Å². The first-order valence-electron chi connectivity index (χ1n) is 10.0. The third-order valence-corrected chi connectivity index (χ3v) is 5.62. The molecule has 5 rings (SSSR count). The van der Waals surface area contributed by atoms with Crippen molar-refractivity contribution < 1.29 is 22.7 Å². The molecule has 1 N–H and O–H groups in total. The predicted octanol–water partition coefficient (Wildman–Crippen LogP) is 4.15. The molecule has 2 atom stereocenters. The fraction of sp³-hybridized carbons (Fsp3) is 0.273. The van der Waals surface area contributed by atoms with E-state index in [0.717, 1.165) is 42.2 Å². The molecule has 32 heavy (non-hydrogen) atoms. The number of piperidine rings is 1. The number of alkyl halides is 3. The third-order valence-electron chi connectivity index (χ3n) is 5.62. The Kier molecular flexibility index (Phi) is 4.91. The van der Waals surface area contributed by atoms with Gasteiger partial charge in [-0.1, -0.05) is 0 Å². The van der Waals surface area contributed by atoms with Crippen molar-refractivity contribution in [2.75, 3.05) is 23.3 Å². The molecule has 2 unspecified atom stereocenters. The Morgan fingerprint density at radius 3 is 2.41 bits per heavy atom. The molecule has 3 aromatic rings. The maximum Gasteiger partial charge on any atom is 0.573 e. The SMILES string of the molecule is O=C(Nc1ccc(OC(F)(F)F)cc1)c1cnc(N2CC3CC3C2)c(-c2cncnc2)c1. The first-order valence-corrected chi connectivity index (χ1v) is 10.0. The highest BCUT2D eigenvalue weighted by atomic mass is 19.4. The Balaban J connectivity index is 1.38. The number of carbonyl (C=O) groups excluding carboxylic acids is 1. The second-order valence-corrected chi connectivity index (χ2v) is 7.91. The zero-order valence-corrected chi connectivity index (χ0v) is 16.7. The van der Waals surface area contributed by atoms with Crippen LogP contribution < -0.4 is 15.0 Å². The Labute approximate surface area is 181 Å². The first kappa shape index (κ1) is 20.2. The molecule has 1 aliphatic heterocycles. The summed E-state index contributed by atoms with van der Waals surface area (Å²) in [6, 6.07) is 6.68. The Bertz CT molecular complexity index is 1130. The second-order valence-electron chi connectivity index (χ2n) is 7.91. The number of ether oxygens (including phenoxy) is 1. The monoisotopic (exact) mass is 441 g/mol. The van der Waals surface area contributed by atoms with Crippen LogP contribution in [0.25, 0.3) is 11.1 Å².